The smallest absolute Gasteiger partial charge is 0.0993 e. The van der Waals surface area contributed by atoms with Crippen molar-refractivity contribution in [3.8, 4) is 0 Å². The predicted octanol–water partition coefficient (Wildman–Crippen LogP) is 1.58. The summed E-state index contributed by atoms with van der Waals surface area (Å²) in [5.41, 5.74) is -1.10. The molecule has 2 bridgehead atoms. The maximum absolute atomic E-state index is 10.7. The number of fused-ring (bicyclic) bond motifs is 5. The Kier molecular flexibility index (Phi) is 1.64. The Labute approximate surface area is 91.0 Å². The Morgan fingerprint density at radius 2 is 1.80 bits per heavy atom. The second-order valence-electron chi connectivity index (χ2n) is 6.57. The van der Waals surface area contributed by atoms with Gasteiger partial charge < -0.3 is 10.2 Å². The SMILES string of the molecule is CC(C)(C)[C@@]1(O)[C@H]2[C@@H]([C@H]1O)[C@H]1C=C[C@H]2C1. The molecular weight excluding hydrogens is 188 g/mol. The zero-order valence-corrected chi connectivity index (χ0v) is 9.64. The average molecular weight is 208 g/mol. The van der Waals surface area contributed by atoms with Gasteiger partial charge in [0.25, 0.3) is 0 Å². The Morgan fingerprint density at radius 3 is 2.40 bits per heavy atom. The third-order valence-corrected chi connectivity index (χ3v) is 5.05. The maximum atomic E-state index is 10.7. The van der Waals surface area contributed by atoms with Gasteiger partial charge in [-0.25, -0.2) is 0 Å². The predicted molar refractivity (Wildman–Crippen MR) is 58.1 cm³/mol. The highest BCUT2D eigenvalue weighted by Crippen LogP contribution is 2.66. The summed E-state index contributed by atoms with van der Waals surface area (Å²) in [6.45, 7) is 6.09. The summed E-state index contributed by atoms with van der Waals surface area (Å²) in [7, 11) is 0. The van der Waals surface area contributed by atoms with Crippen LogP contribution in [0, 0.1) is 29.1 Å². The largest absolute Gasteiger partial charge is 0.390 e. The van der Waals surface area contributed by atoms with E-state index in [1.807, 2.05) is 20.8 Å². The minimum absolute atomic E-state index is 0.230. The lowest BCUT2D eigenvalue weighted by Crippen LogP contribution is -2.72. The third-order valence-electron chi connectivity index (χ3n) is 5.05. The number of hydrogen-bond acceptors (Lipinski definition) is 2. The van der Waals surface area contributed by atoms with Crippen LogP contribution >= 0.6 is 0 Å². The van der Waals surface area contributed by atoms with Gasteiger partial charge in [-0.2, -0.15) is 0 Å². The Hall–Kier alpha value is -0.340. The van der Waals surface area contributed by atoms with Crippen LogP contribution in [0.4, 0.5) is 0 Å². The number of rotatable bonds is 0. The Balaban J connectivity index is 1.99. The molecule has 0 aromatic heterocycles. The molecule has 0 aromatic carbocycles. The van der Waals surface area contributed by atoms with Crippen molar-refractivity contribution < 1.29 is 10.2 Å². The fraction of sp³-hybridized carbons (Fsp3) is 0.846. The van der Waals surface area contributed by atoms with Gasteiger partial charge in [-0.3, -0.25) is 0 Å². The van der Waals surface area contributed by atoms with Gasteiger partial charge in [0.1, 0.15) is 0 Å². The molecule has 3 aliphatic carbocycles. The van der Waals surface area contributed by atoms with Crippen LogP contribution in [0.15, 0.2) is 12.2 Å². The first-order chi connectivity index (χ1) is 6.87. The van der Waals surface area contributed by atoms with Crippen LogP contribution in [-0.4, -0.2) is 21.9 Å². The lowest BCUT2D eigenvalue weighted by atomic mass is 9.47. The van der Waals surface area contributed by atoms with E-state index in [2.05, 4.69) is 12.2 Å². The zero-order valence-electron chi connectivity index (χ0n) is 9.64. The van der Waals surface area contributed by atoms with Crippen molar-refractivity contribution in [3.05, 3.63) is 12.2 Å². The van der Waals surface area contributed by atoms with E-state index in [-0.39, 0.29) is 5.41 Å². The first kappa shape index (κ1) is 9.86. The second kappa shape index (κ2) is 2.49. The second-order valence-corrected chi connectivity index (χ2v) is 6.57. The normalized spacial score (nSPS) is 56.7. The van der Waals surface area contributed by atoms with Crippen LogP contribution in [0.3, 0.4) is 0 Å². The first-order valence-corrected chi connectivity index (χ1v) is 5.96. The van der Waals surface area contributed by atoms with Crippen LogP contribution in [0.2, 0.25) is 0 Å². The fourth-order valence-corrected chi connectivity index (χ4v) is 4.23. The highest BCUT2D eigenvalue weighted by molar-refractivity contribution is 5.28. The molecule has 0 aromatic rings. The van der Waals surface area contributed by atoms with Crippen molar-refractivity contribution >= 4 is 0 Å². The quantitative estimate of drug-likeness (QED) is 0.593. The van der Waals surface area contributed by atoms with E-state index < -0.39 is 11.7 Å². The fourth-order valence-electron chi connectivity index (χ4n) is 4.23. The van der Waals surface area contributed by atoms with Gasteiger partial charge in [0.2, 0.25) is 0 Å². The Morgan fingerprint density at radius 1 is 1.20 bits per heavy atom. The number of aliphatic hydroxyl groups is 2. The number of hydrogen-bond donors (Lipinski definition) is 2. The summed E-state index contributed by atoms with van der Waals surface area (Å²) in [6, 6.07) is 0. The van der Waals surface area contributed by atoms with Gasteiger partial charge in [-0.05, 0) is 23.7 Å². The van der Waals surface area contributed by atoms with Crippen LogP contribution in [0.5, 0.6) is 0 Å². The summed E-state index contributed by atoms with van der Waals surface area (Å²) < 4.78 is 0. The van der Waals surface area contributed by atoms with Crippen molar-refractivity contribution in [1.82, 2.24) is 0 Å². The Bertz CT molecular complexity index is 328. The van der Waals surface area contributed by atoms with Crippen molar-refractivity contribution in [2.24, 2.45) is 29.1 Å². The van der Waals surface area contributed by atoms with E-state index >= 15 is 0 Å². The highest BCUT2D eigenvalue weighted by atomic mass is 16.4. The lowest BCUT2D eigenvalue weighted by molar-refractivity contribution is -0.282. The summed E-state index contributed by atoms with van der Waals surface area (Å²) in [5.74, 6) is 1.65. The van der Waals surface area contributed by atoms with Crippen molar-refractivity contribution in [2.45, 2.75) is 38.9 Å². The molecular formula is C13H20O2. The number of allylic oxidation sites excluding steroid dienone is 2. The molecule has 2 N–H and O–H groups in total. The molecule has 2 heteroatoms. The summed E-state index contributed by atoms with van der Waals surface area (Å²) in [4.78, 5) is 0. The topological polar surface area (TPSA) is 40.5 Å². The minimum Gasteiger partial charge on any atom is -0.390 e. The van der Waals surface area contributed by atoms with E-state index in [0.717, 1.165) is 6.42 Å². The summed E-state index contributed by atoms with van der Waals surface area (Å²) >= 11 is 0. The number of aliphatic hydroxyl groups excluding tert-OH is 1. The van der Waals surface area contributed by atoms with Crippen LogP contribution < -0.4 is 0 Å². The van der Waals surface area contributed by atoms with E-state index in [4.69, 9.17) is 0 Å². The zero-order chi connectivity index (χ0) is 11.0. The van der Waals surface area contributed by atoms with Gasteiger partial charge in [0.15, 0.2) is 0 Å². The molecule has 0 aliphatic heterocycles. The molecule has 2 saturated carbocycles. The monoisotopic (exact) mass is 208 g/mol. The molecule has 0 saturated heterocycles. The standard InChI is InChI=1S/C13H20O2/c1-12(2,3)13(15)10-8-5-4-7(6-8)9(10)11(13)14/h4-5,7-11,14-15H,6H2,1-3H3/t7-,8-,9-,10+,11+,13+/m0/s1. The van der Waals surface area contributed by atoms with Crippen LogP contribution in [-0.2, 0) is 0 Å². The van der Waals surface area contributed by atoms with E-state index in [9.17, 15) is 10.2 Å². The van der Waals surface area contributed by atoms with E-state index in [1.165, 1.54) is 0 Å². The maximum Gasteiger partial charge on any atom is 0.0993 e. The molecule has 0 radical (unpaired) electrons. The molecule has 15 heavy (non-hydrogen) atoms. The molecule has 84 valence electrons. The molecule has 3 rings (SSSR count). The average Bonchev–Trinajstić information content (AvgIpc) is 2.71. The minimum atomic E-state index is -0.873. The summed E-state index contributed by atoms with van der Waals surface area (Å²) in [6.07, 6.45) is 5.10. The van der Waals surface area contributed by atoms with Crippen molar-refractivity contribution in [2.75, 3.05) is 0 Å². The molecule has 6 atom stereocenters. The lowest BCUT2D eigenvalue weighted by Gasteiger charge is -2.62. The summed E-state index contributed by atoms with van der Waals surface area (Å²) in [5, 5.41) is 20.9. The molecule has 0 amide bonds. The van der Waals surface area contributed by atoms with Gasteiger partial charge in [0, 0.05) is 11.8 Å². The molecule has 2 nitrogen and oxygen atoms in total. The molecule has 2 fully saturated rings. The van der Waals surface area contributed by atoms with Crippen LogP contribution in [0.25, 0.3) is 0 Å². The van der Waals surface area contributed by atoms with Gasteiger partial charge in [-0.15, -0.1) is 0 Å². The van der Waals surface area contributed by atoms with E-state index in [1.54, 1.807) is 0 Å². The highest BCUT2D eigenvalue weighted by Gasteiger charge is 2.72. The van der Waals surface area contributed by atoms with Gasteiger partial charge in [-0.1, -0.05) is 32.9 Å². The first-order valence-electron chi connectivity index (χ1n) is 5.96. The molecule has 0 spiro atoms. The molecule has 0 heterocycles. The molecule has 0 unspecified atom stereocenters. The van der Waals surface area contributed by atoms with Crippen molar-refractivity contribution in [1.29, 1.82) is 0 Å². The van der Waals surface area contributed by atoms with Gasteiger partial charge >= 0.3 is 0 Å². The molecule has 3 aliphatic rings. The van der Waals surface area contributed by atoms with Gasteiger partial charge in [0.05, 0.1) is 11.7 Å². The van der Waals surface area contributed by atoms with Crippen molar-refractivity contribution in [3.63, 3.8) is 0 Å². The third kappa shape index (κ3) is 0.891. The van der Waals surface area contributed by atoms with E-state index in [0.29, 0.717) is 23.7 Å². The van der Waals surface area contributed by atoms with Crippen LogP contribution in [0.1, 0.15) is 27.2 Å².